The van der Waals surface area contributed by atoms with Crippen LogP contribution in [0.2, 0.25) is 0 Å². The molecule has 1 aromatic rings. The van der Waals surface area contributed by atoms with Gasteiger partial charge in [-0.2, -0.15) is 5.26 Å². The number of halogens is 2. The second-order valence-electron chi connectivity index (χ2n) is 2.81. The van der Waals surface area contributed by atoms with E-state index in [1.54, 1.807) is 6.07 Å². The van der Waals surface area contributed by atoms with Crippen LogP contribution in [0.3, 0.4) is 0 Å². The van der Waals surface area contributed by atoms with Gasteiger partial charge in [-0.05, 0) is 12.1 Å². The van der Waals surface area contributed by atoms with E-state index in [9.17, 15) is 8.78 Å². The van der Waals surface area contributed by atoms with Crippen molar-refractivity contribution >= 4 is 0 Å². The van der Waals surface area contributed by atoms with Gasteiger partial charge in [-0.3, -0.25) is 0 Å². The summed E-state index contributed by atoms with van der Waals surface area (Å²) in [5, 5.41) is 8.43. The van der Waals surface area contributed by atoms with Gasteiger partial charge in [0.25, 0.3) is 0 Å². The summed E-state index contributed by atoms with van der Waals surface area (Å²) in [6.07, 6.45) is 0. The van der Waals surface area contributed by atoms with Gasteiger partial charge in [-0.1, -0.05) is 0 Å². The van der Waals surface area contributed by atoms with E-state index in [0.717, 1.165) is 12.1 Å². The van der Waals surface area contributed by atoms with Gasteiger partial charge in [0.05, 0.1) is 11.6 Å². The molecule has 0 aromatic heterocycles. The first-order chi connectivity index (χ1) is 6.60. The van der Waals surface area contributed by atoms with Crippen molar-refractivity contribution < 1.29 is 8.78 Å². The summed E-state index contributed by atoms with van der Waals surface area (Å²) >= 11 is 0. The monoisotopic (exact) mass is 197 g/mol. The number of nitriles is 1. The molecule has 74 valence electrons. The highest BCUT2D eigenvalue weighted by Gasteiger charge is 2.16. The average Bonchev–Trinajstić information content (AvgIpc) is 2.16. The molecule has 0 unspecified atom stereocenters. The van der Waals surface area contributed by atoms with E-state index in [0.29, 0.717) is 0 Å². The molecule has 0 saturated heterocycles. The molecule has 0 aliphatic rings. The second kappa shape index (κ2) is 4.13. The summed E-state index contributed by atoms with van der Waals surface area (Å²) in [6.45, 7) is -0.0558. The van der Waals surface area contributed by atoms with E-state index in [2.05, 4.69) is 0 Å². The third-order valence-corrected chi connectivity index (χ3v) is 1.83. The van der Waals surface area contributed by atoms with Gasteiger partial charge >= 0.3 is 0 Å². The van der Waals surface area contributed by atoms with Crippen LogP contribution in [0, 0.1) is 23.0 Å². The standard InChI is InChI=1S/C9H9F2N3/c10-6-1-5(3-12)2-7(11)9(6)8(14)4-13/h1-2,8H,4,13-14H2/t8-/m0/s1. The summed E-state index contributed by atoms with van der Waals surface area (Å²) in [5.74, 6) is -1.67. The van der Waals surface area contributed by atoms with Gasteiger partial charge in [0, 0.05) is 18.2 Å². The summed E-state index contributed by atoms with van der Waals surface area (Å²) in [5.41, 5.74) is 10.2. The molecule has 14 heavy (non-hydrogen) atoms. The first-order valence-electron chi connectivity index (χ1n) is 3.94. The molecular weight excluding hydrogens is 188 g/mol. The van der Waals surface area contributed by atoms with Crippen molar-refractivity contribution in [2.45, 2.75) is 6.04 Å². The lowest BCUT2D eigenvalue weighted by atomic mass is 10.0. The van der Waals surface area contributed by atoms with Crippen LogP contribution >= 0.6 is 0 Å². The Labute approximate surface area is 79.9 Å². The Bertz CT molecular complexity index is 361. The largest absolute Gasteiger partial charge is 0.329 e. The molecule has 0 heterocycles. The van der Waals surface area contributed by atoms with Gasteiger partial charge in [0.1, 0.15) is 11.6 Å². The summed E-state index contributed by atoms with van der Waals surface area (Å²) in [7, 11) is 0. The van der Waals surface area contributed by atoms with Gasteiger partial charge in [0.2, 0.25) is 0 Å². The summed E-state index contributed by atoms with van der Waals surface area (Å²) in [6, 6.07) is 2.63. The lowest BCUT2D eigenvalue weighted by Crippen LogP contribution is -2.23. The van der Waals surface area contributed by atoms with Gasteiger partial charge in [-0.25, -0.2) is 8.78 Å². The number of hydrogen-bond donors (Lipinski definition) is 2. The topological polar surface area (TPSA) is 75.8 Å². The first kappa shape index (κ1) is 10.6. The van der Waals surface area contributed by atoms with E-state index in [-0.39, 0.29) is 17.7 Å². The number of hydrogen-bond acceptors (Lipinski definition) is 3. The van der Waals surface area contributed by atoms with Crippen LogP contribution in [0.1, 0.15) is 17.2 Å². The third-order valence-electron chi connectivity index (χ3n) is 1.83. The predicted molar refractivity (Wildman–Crippen MR) is 47.1 cm³/mol. The first-order valence-corrected chi connectivity index (χ1v) is 3.94. The van der Waals surface area contributed by atoms with Crippen molar-refractivity contribution in [1.29, 1.82) is 5.26 Å². The zero-order valence-electron chi connectivity index (χ0n) is 7.30. The SMILES string of the molecule is N#Cc1cc(F)c([C@@H](N)CN)c(F)c1. The van der Waals surface area contributed by atoms with Crippen LogP contribution in [0.4, 0.5) is 8.78 Å². The second-order valence-corrected chi connectivity index (χ2v) is 2.81. The maximum Gasteiger partial charge on any atom is 0.132 e. The molecule has 0 aliphatic carbocycles. The van der Waals surface area contributed by atoms with Crippen molar-refractivity contribution in [1.82, 2.24) is 0 Å². The Morgan fingerprint density at radius 2 is 1.86 bits per heavy atom. The Balaban J connectivity index is 3.26. The molecule has 0 bridgehead atoms. The van der Waals surface area contributed by atoms with Crippen LogP contribution in [0.25, 0.3) is 0 Å². The fourth-order valence-electron chi connectivity index (χ4n) is 1.12. The molecule has 3 nitrogen and oxygen atoms in total. The van der Waals surface area contributed by atoms with Gasteiger partial charge < -0.3 is 11.5 Å². The van der Waals surface area contributed by atoms with Crippen LogP contribution in [0.5, 0.6) is 0 Å². The predicted octanol–water partition coefficient (Wildman–Crippen LogP) is 0.795. The lowest BCUT2D eigenvalue weighted by molar-refractivity contribution is 0.527. The molecule has 1 rings (SSSR count). The third kappa shape index (κ3) is 1.87. The number of rotatable bonds is 2. The van der Waals surface area contributed by atoms with E-state index < -0.39 is 17.7 Å². The lowest BCUT2D eigenvalue weighted by Gasteiger charge is -2.11. The zero-order chi connectivity index (χ0) is 10.7. The maximum atomic E-state index is 13.2. The molecule has 5 heteroatoms. The molecule has 0 amide bonds. The van der Waals surface area contributed by atoms with Crippen molar-refractivity contribution in [3.8, 4) is 6.07 Å². The molecule has 0 fully saturated rings. The van der Waals surface area contributed by atoms with E-state index in [1.807, 2.05) is 0 Å². The van der Waals surface area contributed by atoms with Gasteiger partial charge in [-0.15, -0.1) is 0 Å². The minimum absolute atomic E-state index is 0.0558. The average molecular weight is 197 g/mol. The molecule has 1 atom stereocenters. The van der Waals surface area contributed by atoms with Crippen molar-refractivity contribution in [3.05, 3.63) is 34.9 Å². The van der Waals surface area contributed by atoms with Crippen LogP contribution in [-0.4, -0.2) is 6.54 Å². The molecular formula is C9H9F2N3. The van der Waals surface area contributed by atoms with Crippen molar-refractivity contribution in [2.75, 3.05) is 6.54 Å². The van der Waals surface area contributed by atoms with Crippen LogP contribution in [0.15, 0.2) is 12.1 Å². The van der Waals surface area contributed by atoms with E-state index in [1.165, 1.54) is 0 Å². The summed E-state index contributed by atoms with van der Waals surface area (Å²) in [4.78, 5) is 0. The summed E-state index contributed by atoms with van der Waals surface area (Å²) < 4.78 is 26.4. The molecule has 4 N–H and O–H groups in total. The fourth-order valence-corrected chi connectivity index (χ4v) is 1.12. The minimum Gasteiger partial charge on any atom is -0.329 e. The Hall–Kier alpha value is -1.51. The van der Waals surface area contributed by atoms with Crippen LogP contribution < -0.4 is 11.5 Å². The smallest absolute Gasteiger partial charge is 0.132 e. The Morgan fingerprint density at radius 3 is 2.21 bits per heavy atom. The van der Waals surface area contributed by atoms with Crippen molar-refractivity contribution in [3.63, 3.8) is 0 Å². The minimum atomic E-state index is -0.886. The Kier molecular flexibility index (Phi) is 3.12. The Morgan fingerprint density at radius 1 is 1.36 bits per heavy atom. The molecule has 0 spiro atoms. The van der Waals surface area contributed by atoms with E-state index >= 15 is 0 Å². The maximum absolute atomic E-state index is 13.2. The molecule has 0 aliphatic heterocycles. The molecule has 0 radical (unpaired) electrons. The molecule has 1 aromatic carbocycles. The zero-order valence-corrected chi connectivity index (χ0v) is 7.30. The van der Waals surface area contributed by atoms with Crippen LogP contribution in [-0.2, 0) is 0 Å². The highest BCUT2D eigenvalue weighted by atomic mass is 19.1. The van der Waals surface area contributed by atoms with Gasteiger partial charge in [0.15, 0.2) is 0 Å². The number of nitrogens with zero attached hydrogens (tertiary/aromatic N) is 1. The highest BCUT2D eigenvalue weighted by molar-refractivity contribution is 5.35. The normalized spacial score (nSPS) is 12.2. The fraction of sp³-hybridized carbons (Fsp3) is 0.222. The quantitative estimate of drug-likeness (QED) is 0.736. The van der Waals surface area contributed by atoms with E-state index in [4.69, 9.17) is 16.7 Å². The van der Waals surface area contributed by atoms with Crippen molar-refractivity contribution in [2.24, 2.45) is 11.5 Å². The number of nitrogens with two attached hydrogens (primary N) is 2. The molecule has 0 saturated carbocycles. The number of benzene rings is 1. The highest BCUT2D eigenvalue weighted by Crippen LogP contribution is 2.19.